The molecule has 5 nitrogen and oxygen atoms in total. The van der Waals surface area contributed by atoms with Crippen LogP contribution in [0.25, 0.3) is 0 Å². The minimum absolute atomic E-state index is 0.123. The van der Waals surface area contributed by atoms with Gasteiger partial charge in [-0.2, -0.15) is 0 Å². The minimum Gasteiger partial charge on any atom is -0.481 e. The highest BCUT2D eigenvalue weighted by molar-refractivity contribution is 5.81. The highest BCUT2D eigenvalue weighted by Gasteiger charge is 2.33. The summed E-state index contributed by atoms with van der Waals surface area (Å²) in [4.78, 5) is 24.9. The van der Waals surface area contributed by atoms with Crippen molar-refractivity contribution in [2.75, 3.05) is 19.7 Å². The van der Waals surface area contributed by atoms with Crippen LogP contribution in [0.3, 0.4) is 0 Å². The molecule has 1 saturated heterocycles. The number of piperidine rings is 1. The molecule has 0 aromatic heterocycles. The quantitative estimate of drug-likeness (QED) is 0.586. The van der Waals surface area contributed by atoms with Gasteiger partial charge in [-0.15, -0.1) is 6.58 Å². The summed E-state index contributed by atoms with van der Waals surface area (Å²) in [6.45, 7) is 8.63. The molecule has 0 aliphatic carbocycles. The highest BCUT2D eigenvalue weighted by Crippen LogP contribution is 2.22. The number of ether oxygens (including phenoxy) is 1. The Morgan fingerprint density at radius 3 is 2.79 bits per heavy atom. The van der Waals surface area contributed by atoms with Crippen molar-refractivity contribution in [1.82, 2.24) is 4.90 Å². The second kappa shape index (κ2) is 7.28. The Hall–Kier alpha value is -1.36. The number of carbonyl (C=O) groups excluding carboxylic acids is 1. The number of carboxylic acid groups (broad SMARTS) is 1. The molecule has 0 bridgehead atoms. The Kier molecular flexibility index (Phi) is 6.02. The van der Waals surface area contributed by atoms with Gasteiger partial charge in [-0.1, -0.05) is 13.0 Å². The fourth-order valence-corrected chi connectivity index (χ4v) is 2.37. The van der Waals surface area contributed by atoms with Crippen molar-refractivity contribution in [1.29, 1.82) is 0 Å². The summed E-state index contributed by atoms with van der Waals surface area (Å²) in [5.74, 6) is -1.21. The van der Waals surface area contributed by atoms with Gasteiger partial charge in [-0.05, 0) is 25.7 Å². The molecule has 0 radical (unpaired) electrons. The Morgan fingerprint density at radius 2 is 2.21 bits per heavy atom. The lowest BCUT2D eigenvalue weighted by Gasteiger charge is -2.36. The third kappa shape index (κ3) is 4.67. The molecule has 0 spiro atoms. The third-order valence-electron chi connectivity index (χ3n) is 3.36. The molecule has 0 aromatic rings. The van der Waals surface area contributed by atoms with Crippen LogP contribution >= 0.6 is 0 Å². The van der Waals surface area contributed by atoms with E-state index in [0.29, 0.717) is 26.0 Å². The van der Waals surface area contributed by atoms with Crippen LogP contribution in [-0.2, 0) is 14.3 Å². The fraction of sp³-hybridized carbons (Fsp3) is 0.714. The molecule has 3 atom stereocenters. The molecule has 3 unspecified atom stereocenters. The van der Waals surface area contributed by atoms with Crippen LogP contribution in [0.1, 0.15) is 26.7 Å². The maximum Gasteiger partial charge on any atom is 0.308 e. The number of carboxylic acids is 1. The van der Waals surface area contributed by atoms with Gasteiger partial charge in [0.1, 0.15) is 6.10 Å². The monoisotopic (exact) mass is 269 g/mol. The number of aliphatic carboxylic acids is 1. The van der Waals surface area contributed by atoms with Crippen LogP contribution < -0.4 is 0 Å². The summed E-state index contributed by atoms with van der Waals surface area (Å²) < 4.78 is 5.42. The van der Waals surface area contributed by atoms with Gasteiger partial charge >= 0.3 is 5.97 Å². The first-order valence-corrected chi connectivity index (χ1v) is 6.69. The van der Waals surface area contributed by atoms with Crippen molar-refractivity contribution in [3.63, 3.8) is 0 Å². The van der Waals surface area contributed by atoms with Gasteiger partial charge in [0, 0.05) is 13.1 Å². The first-order valence-electron chi connectivity index (χ1n) is 6.69. The van der Waals surface area contributed by atoms with E-state index in [4.69, 9.17) is 9.84 Å². The lowest BCUT2D eigenvalue weighted by atomic mass is 9.90. The van der Waals surface area contributed by atoms with E-state index in [1.165, 1.54) is 0 Å². The number of rotatable bonds is 6. The van der Waals surface area contributed by atoms with Crippen LogP contribution in [0, 0.1) is 11.8 Å². The van der Waals surface area contributed by atoms with Gasteiger partial charge in [0.2, 0.25) is 0 Å². The van der Waals surface area contributed by atoms with Gasteiger partial charge in [0.05, 0.1) is 12.5 Å². The SMILES string of the molecule is C=CCCOC(C)C(=O)N1CC(C)CC(C(=O)O)C1. The van der Waals surface area contributed by atoms with E-state index in [-0.39, 0.29) is 18.4 Å². The number of likely N-dealkylation sites (tertiary alicyclic amines) is 1. The van der Waals surface area contributed by atoms with Crippen molar-refractivity contribution in [2.24, 2.45) is 11.8 Å². The van der Waals surface area contributed by atoms with Crippen LogP contribution in [0.15, 0.2) is 12.7 Å². The van der Waals surface area contributed by atoms with Gasteiger partial charge in [0.25, 0.3) is 5.91 Å². The van der Waals surface area contributed by atoms with Gasteiger partial charge in [0.15, 0.2) is 0 Å². The van der Waals surface area contributed by atoms with E-state index in [1.54, 1.807) is 17.9 Å². The molecule has 0 saturated carbocycles. The number of hydrogen-bond acceptors (Lipinski definition) is 3. The molecule has 1 rings (SSSR count). The average molecular weight is 269 g/mol. The lowest BCUT2D eigenvalue weighted by Crippen LogP contribution is -2.49. The van der Waals surface area contributed by atoms with E-state index in [9.17, 15) is 9.59 Å². The molecule has 108 valence electrons. The maximum atomic E-state index is 12.2. The zero-order chi connectivity index (χ0) is 14.4. The Bertz CT molecular complexity index is 342. The first kappa shape index (κ1) is 15.7. The van der Waals surface area contributed by atoms with Crippen molar-refractivity contribution in [3.05, 3.63) is 12.7 Å². The van der Waals surface area contributed by atoms with Crippen LogP contribution in [0.5, 0.6) is 0 Å². The van der Waals surface area contributed by atoms with Crippen molar-refractivity contribution in [3.8, 4) is 0 Å². The average Bonchev–Trinajstić information content (AvgIpc) is 2.37. The zero-order valence-electron chi connectivity index (χ0n) is 11.7. The number of nitrogens with zero attached hydrogens (tertiary/aromatic N) is 1. The molecule has 1 aliphatic rings. The van der Waals surface area contributed by atoms with Gasteiger partial charge in [-0.3, -0.25) is 9.59 Å². The van der Waals surface area contributed by atoms with Crippen molar-refractivity contribution < 1.29 is 19.4 Å². The molecule has 1 fully saturated rings. The summed E-state index contributed by atoms with van der Waals surface area (Å²) >= 11 is 0. The smallest absolute Gasteiger partial charge is 0.308 e. The van der Waals surface area contributed by atoms with Crippen LogP contribution in [0.2, 0.25) is 0 Å². The Balaban J connectivity index is 2.54. The van der Waals surface area contributed by atoms with Crippen LogP contribution in [0.4, 0.5) is 0 Å². The van der Waals surface area contributed by atoms with Crippen molar-refractivity contribution >= 4 is 11.9 Å². The first-order chi connectivity index (χ1) is 8.95. The largest absolute Gasteiger partial charge is 0.481 e. The minimum atomic E-state index is -0.829. The normalized spacial score (nSPS) is 24.8. The lowest BCUT2D eigenvalue weighted by molar-refractivity contribution is -0.151. The molecule has 1 N–H and O–H groups in total. The van der Waals surface area contributed by atoms with E-state index in [2.05, 4.69) is 6.58 Å². The van der Waals surface area contributed by atoms with Crippen molar-refractivity contribution in [2.45, 2.75) is 32.8 Å². The highest BCUT2D eigenvalue weighted by atomic mass is 16.5. The summed E-state index contributed by atoms with van der Waals surface area (Å²) in [5.41, 5.74) is 0. The predicted octanol–water partition coefficient (Wildman–Crippen LogP) is 1.54. The number of hydrogen-bond donors (Lipinski definition) is 1. The summed E-state index contributed by atoms with van der Waals surface area (Å²) in [6.07, 6.45) is 2.54. The molecular formula is C14H23NO4. The van der Waals surface area contributed by atoms with E-state index in [0.717, 1.165) is 0 Å². The van der Waals surface area contributed by atoms with Gasteiger partial charge in [-0.25, -0.2) is 0 Å². The summed E-state index contributed by atoms with van der Waals surface area (Å²) in [5, 5.41) is 9.09. The Morgan fingerprint density at radius 1 is 1.53 bits per heavy atom. The van der Waals surface area contributed by atoms with E-state index in [1.807, 2.05) is 6.92 Å². The number of carbonyl (C=O) groups is 2. The van der Waals surface area contributed by atoms with Gasteiger partial charge < -0.3 is 14.7 Å². The molecule has 0 aromatic carbocycles. The molecular weight excluding hydrogens is 246 g/mol. The number of amides is 1. The second-order valence-corrected chi connectivity index (χ2v) is 5.21. The third-order valence-corrected chi connectivity index (χ3v) is 3.36. The molecule has 19 heavy (non-hydrogen) atoms. The molecule has 1 amide bonds. The standard InChI is InChI=1S/C14H23NO4/c1-4-5-6-19-11(3)13(16)15-8-10(2)7-12(9-15)14(17)18/h4,10-12H,1,5-9H2,2-3H3,(H,17,18). The maximum absolute atomic E-state index is 12.2. The summed E-state index contributed by atoms with van der Waals surface area (Å²) in [7, 11) is 0. The second-order valence-electron chi connectivity index (χ2n) is 5.21. The molecule has 1 aliphatic heterocycles. The van der Waals surface area contributed by atoms with E-state index >= 15 is 0 Å². The topological polar surface area (TPSA) is 66.8 Å². The van der Waals surface area contributed by atoms with Crippen LogP contribution in [-0.4, -0.2) is 47.7 Å². The van der Waals surface area contributed by atoms with E-state index < -0.39 is 18.0 Å². The zero-order valence-corrected chi connectivity index (χ0v) is 11.7. The molecule has 5 heteroatoms. The predicted molar refractivity (Wildman–Crippen MR) is 71.7 cm³/mol. The summed E-state index contributed by atoms with van der Waals surface area (Å²) in [6, 6.07) is 0. The Labute approximate surface area is 114 Å². The molecule has 1 heterocycles. The fourth-order valence-electron chi connectivity index (χ4n) is 2.37.